The molecular weight excluding hydrogens is 254 g/mol. The molecule has 3 rings (SSSR count). The molecule has 0 bridgehead atoms. The molecule has 0 amide bonds. The fourth-order valence-electron chi connectivity index (χ4n) is 2.94. The average Bonchev–Trinajstić information content (AvgIpc) is 2.98. The summed E-state index contributed by atoms with van der Waals surface area (Å²) in [5, 5.41) is 13.7. The number of thiazole rings is 1. The highest BCUT2D eigenvalue weighted by atomic mass is 32.1. The smallest absolute Gasteiger partial charge is 0.0961 e. The van der Waals surface area contributed by atoms with Crippen molar-refractivity contribution in [3.63, 3.8) is 0 Å². The number of aliphatic hydroxyl groups is 1. The first-order chi connectivity index (χ1) is 9.15. The van der Waals surface area contributed by atoms with E-state index in [1.807, 2.05) is 18.2 Å². The fraction of sp³-hybridized carbons (Fsp3) is 0.438. The van der Waals surface area contributed by atoms with Crippen molar-refractivity contribution < 1.29 is 5.11 Å². The van der Waals surface area contributed by atoms with Crippen molar-refractivity contribution in [2.45, 2.75) is 38.2 Å². The molecule has 2 atom stereocenters. The van der Waals surface area contributed by atoms with Gasteiger partial charge in [0.05, 0.1) is 16.3 Å². The molecule has 100 valence electrons. The summed E-state index contributed by atoms with van der Waals surface area (Å²) in [5.74, 6) is 0.638. The second kappa shape index (κ2) is 5.06. The molecule has 0 aliphatic heterocycles. The monoisotopic (exact) mass is 273 g/mol. The Morgan fingerprint density at radius 1 is 1.37 bits per heavy atom. The molecule has 1 aromatic heterocycles. The van der Waals surface area contributed by atoms with Gasteiger partial charge < -0.3 is 5.11 Å². The van der Waals surface area contributed by atoms with Crippen LogP contribution >= 0.6 is 11.3 Å². The zero-order chi connectivity index (χ0) is 13.3. The molecule has 1 aromatic carbocycles. The van der Waals surface area contributed by atoms with Crippen LogP contribution in [0, 0.1) is 5.92 Å². The van der Waals surface area contributed by atoms with Crippen molar-refractivity contribution in [2.24, 2.45) is 5.92 Å². The van der Waals surface area contributed by atoms with Crippen LogP contribution in [0.3, 0.4) is 0 Å². The van der Waals surface area contributed by atoms with Crippen molar-refractivity contribution in [1.82, 2.24) is 4.98 Å². The van der Waals surface area contributed by atoms with Crippen molar-refractivity contribution in [3.05, 3.63) is 40.7 Å². The molecule has 0 spiro atoms. The van der Waals surface area contributed by atoms with Crippen LogP contribution in [0.25, 0.3) is 11.3 Å². The topological polar surface area (TPSA) is 33.1 Å². The molecule has 1 saturated carbocycles. The third-order valence-corrected chi connectivity index (χ3v) is 4.78. The minimum Gasteiger partial charge on any atom is -0.389 e. The zero-order valence-corrected chi connectivity index (χ0v) is 12.0. The van der Waals surface area contributed by atoms with E-state index in [9.17, 15) is 5.11 Å². The lowest BCUT2D eigenvalue weighted by Gasteiger charge is -2.20. The Morgan fingerprint density at radius 3 is 2.84 bits per heavy atom. The van der Waals surface area contributed by atoms with Gasteiger partial charge in [-0.15, -0.1) is 11.3 Å². The summed E-state index contributed by atoms with van der Waals surface area (Å²) < 4.78 is 0. The molecule has 0 radical (unpaired) electrons. The predicted molar refractivity (Wildman–Crippen MR) is 79.2 cm³/mol. The normalized spacial score (nSPS) is 26.7. The second-order valence-corrected chi connectivity index (χ2v) is 6.68. The molecule has 3 heteroatoms. The molecule has 1 aliphatic rings. The number of nitrogens with zero attached hydrogens (tertiary/aromatic N) is 1. The summed E-state index contributed by atoms with van der Waals surface area (Å²) in [4.78, 5) is 4.67. The summed E-state index contributed by atoms with van der Waals surface area (Å²) >= 11 is 1.66. The maximum Gasteiger partial charge on any atom is 0.0961 e. The van der Waals surface area contributed by atoms with Gasteiger partial charge in [-0.3, -0.25) is 0 Å². The quantitative estimate of drug-likeness (QED) is 0.920. The Kier molecular flexibility index (Phi) is 3.42. The van der Waals surface area contributed by atoms with E-state index in [1.54, 1.807) is 11.3 Å². The van der Waals surface area contributed by atoms with Crippen molar-refractivity contribution in [3.8, 4) is 11.3 Å². The molecular formula is C16H19NOS. The van der Waals surface area contributed by atoms with Gasteiger partial charge in [-0.2, -0.15) is 0 Å². The molecule has 19 heavy (non-hydrogen) atoms. The fourth-order valence-corrected chi connectivity index (χ4v) is 3.88. The minimum atomic E-state index is -0.523. The lowest BCUT2D eigenvalue weighted by atomic mass is 9.97. The zero-order valence-electron chi connectivity index (χ0n) is 11.2. The lowest BCUT2D eigenvalue weighted by Crippen LogP contribution is -2.27. The van der Waals surface area contributed by atoms with Gasteiger partial charge in [0.15, 0.2) is 0 Å². The van der Waals surface area contributed by atoms with Crippen LogP contribution in [0.5, 0.6) is 0 Å². The summed E-state index contributed by atoms with van der Waals surface area (Å²) in [7, 11) is 0. The van der Waals surface area contributed by atoms with Crippen LogP contribution in [0.1, 0.15) is 31.2 Å². The minimum absolute atomic E-state index is 0.523. The summed E-state index contributed by atoms with van der Waals surface area (Å²) in [5.41, 5.74) is 1.65. The van der Waals surface area contributed by atoms with Crippen molar-refractivity contribution in [2.75, 3.05) is 0 Å². The number of hydrogen-bond acceptors (Lipinski definition) is 3. The van der Waals surface area contributed by atoms with E-state index in [2.05, 4.69) is 29.4 Å². The SMILES string of the molecule is CC1CCC(O)(Cc2nc(-c3ccccc3)cs2)C1. The molecule has 2 unspecified atom stereocenters. The van der Waals surface area contributed by atoms with E-state index in [1.165, 1.54) is 0 Å². The van der Waals surface area contributed by atoms with E-state index in [0.717, 1.165) is 35.5 Å². The van der Waals surface area contributed by atoms with E-state index >= 15 is 0 Å². The predicted octanol–water partition coefficient (Wildman–Crippen LogP) is 3.90. The summed E-state index contributed by atoms with van der Waals surface area (Å²) in [6, 6.07) is 10.2. The van der Waals surface area contributed by atoms with Gasteiger partial charge in [0.2, 0.25) is 0 Å². The molecule has 1 N–H and O–H groups in total. The molecule has 2 aromatic rings. The molecule has 1 fully saturated rings. The van der Waals surface area contributed by atoms with Crippen LogP contribution < -0.4 is 0 Å². The van der Waals surface area contributed by atoms with Crippen LogP contribution in [-0.4, -0.2) is 15.7 Å². The largest absolute Gasteiger partial charge is 0.389 e. The Morgan fingerprint density at radius 2 is 2.16 bits per heavy atom. The number of aromatic nitrogens is 1. The number of hydrogen-bond donors (Lipinski definition) is 1. The molecule has 0 saturated heterocycles. The van der Waals surface area contributed by atoms with Gasteiger partial charge in [0.1, 0.15) is 0 Å². The molecule has 1 heterocycles. The molecule has 2 nitrogen and oxygen atoms in total. The lowest BCUT2D eigenvalue weighted by molar-refractivity contribution is 0.0446. The van der Waals surface area contributed by atoms with Gasteiger partial charge in [-0.1, -0.05) is 37.3 Å². The van der Waals surface area contributed by atoms with Crippen molar-refractivity contribution >= 4 is 11.3 Å². The summed E-state index contributed by atoms with van der Waals surface area (Å²) in [6.07, 6.45) is 3.66. The van der Waals surface area contributed by atoms with Gasteiger partial charge in [-0.25, -0.2) is 4.98 Å². The highest BCUT2D eigenvalue weighted by Gasteiger charge is 2.36. The Labute approximate surface area is 118 Å². The second-order valence-electron chi connectivity index (χ2n) is 5.74. The van der Waals surface area contributed by atoms with E-state index in [4.69, 9.17) is 0 Å². The maximum atomic E-state index is 10.6. The Bertz CT molecular complexity index is 551. The first kappa shape index (κ1) is 12.8. The van der Waals surface area contributed by atoms with E-state index < -0.39 is 5.60 Å². The van der Waals surface area contributed by atoms with Gasteiger partial charge >= 0.3 is 0 Å². The van der Waals surface area contributed by atoms with Gasteiger partial charge in [0, 0.05) is 17.4 Å². The molecule has 1 aliphatic carbocycles. The average molecular weight is 273 g/mol. The van der Waals surface area contributed by atoms with Crippen LogP contribution in [-0.2, 0) is 6.42 Å². The van der Waals surface area contributed by atoms with Gasteiger partial charge in [0.25, 0.3) is 0 Å². The van der Waals surface area contributed by atoms with Crippen molar-refractivity contribution in [1.29, 1.82) is 0 Å². The first-order valence-electron chi connectivity index (χ1n) is 6.87. The number of rotatable bonds is 3. The Hall–Kier alpha value is -1.19. The highest BCUT2D eigenvalue weighted by Crippen LogP contribution is 2.37. The van der Waals surface area contributed by atoms with Gasteiger partial charge in [-0.05, 0) is 25.2 Å². The van der Waals surface area contributed by atoms with E-state index in [-0.39, 0.29) is 0 Å². The first-order valence-corrected chi connectivity index (χ1v) is 7.75. The standard InChI is InChI=1S/C16H19NOS/c1-12-7-8-16(18,9-12)10-15-17-14(11-19-15)13-5-3-2-4-6-13/h2-6,11-12,18H,7-10H2,1H3. The maximum absolute atomic E-state index is 10.6. The van der Waals surface area contributed by atoms with Crippen LogP contribution in [0.2, 0.25) is 0 Å². The third kappa shape index (κ3) is 2.88. The number of benzene rings is 1. The highest BCUT2D eigenvalue weighted by molar-refractivity contribution is 7.09. The van der Waals surface area contributed by atoms with E-state index in [0.29, 0.717) is 12.3 Å². The van der Waals surface area contributed by atoms with Crippen LogP contribution in [0.15, 0.2) is 35.7 Å². The Balaban J connectivity index is 1.75. The third-order valence-electron chi connectivity index (χ3n) is 3.93. The van der Waals surface area contributed by atoms with Crippen LogP contribution in [0.4, 0.5) is 0 Å². The summed E-state index contributed by atoms with van der Waals surface area (Å²) in [6.45, 7) is 2.22.